The molecular weight excluding hydrogens is 288 g/mol. The third-order valence-electron chi connectivity index (χ3n) is 5.44. The zero-order valence-corrected chi connectivity index (χ0v) is 14.2. The van der Waals surface area contributed by atoms with E-state index in [0.717, 1.165) is 11.5 Å². The molecule has 0 heterocycles. The molecule has 0 unspecified atom stereocenters. The van der Waals surface area contributed by atoms with Crippen LogP contribution < -0.4 is 10.2 Å². The van der Waals surface area contributed by atoms with Gasteiger partial charge in [-0.25, -0.2) is 5.43 Å². The van der Waals surface area contributed by atoms with Crippen molar-refractivity contribution >= 4 is 11.6 Å². The van der Waals surface area contributed by atoms with Gasteiger partial charge < -0.3 is 4.74 Å². The summed E-state index contributed by atoms with van der Waals surface area (Å²) in [5, 5.41) is 4.39. The standard InChI is InChI=1S/C19H24N2O2/c1-12(17-14-5-8-15(11-14)19(17,2)3)20-21-18(22)13-6-9-16(23-4)10-7-13/h5-10,14-15,17H,11H2,1-4H3,(H,21,22)/t14-,15-,17-/m0/s1. The molecule has 2 bridgehead atoms. The highest BCUT2D eigenvalue weighted by Gasteiger charge is 2.51. The predicted molar refractivity (Wildman–Crippen MR) is 91.6 cm³/mol. The Balaban J connectivity index is 1.69. The lowest BCUT2D eigenvalue weighted by atomic mass is 9.69. The molecule has 3 rings (SSSR count). The third-order valence-corrected chi connectivity index (χ3v) is 5.44. The molecule has 0 spiro atoms. The lowest BCUT2D eigenvalue weighted by molar-refractivity contribution is 0.0954. The van der Waals surface area contributed by atoms with E-state index in [9.17, 15) is 4.79 Å². The first-order chi connectivity index (χ1) is 10.9. The first kappa shape index (κ1) is 15.8. The summed E-state index contributed by atoms with van der Waals surface area (Å²) in [6.45, 7) is 6.63. The fourth-order valence-electron chi connectivity index (χ4n) is 4.17. The van der Waals surface area contributed by atoms with Crippen molar-refractivity contribution in [2.24, 2.45) is 28.3 Å². The highest BCUT2D eigenvalue weighted by atomic mass is 16.5. The normalized spacial score (nSPS) is 28.0. The Kier molecular flexibility index (Phi) is 4.00. The number of allylic oxidation sites excluding steroid dienone is 2. The molecule has 23 heavy (non-hydrogen) atoms. The van der Waals surface area contributed by atoms with Crippen molar-refractivity contribution in [1.29, 1.82) is 0 Å². The summed E-state index contributed by atoms with van der Waals surface area (Å²) < 4.78 is 5.10. The second kappa shape index (κ2) is 5.84. The van der Waals surface area contributed by atoms with Gasteiger partial charge >= 0.3 is 0 Å². The summed E-state index contributed by atoms with van der Waals surface area (Å²) in [5.74, 6) is 2.12. The number of fused-ring (bicyclic) bond motifs is 2. The van der Waals surface area contributed by atoms with Gasteiger partial charge in [0.25, 0.3) is 5.91 Å². The number of hydrogen-bond donors (Lipinski definition) is 1. The van der Waals surface area contributed by atoms with Crippen LogP contribution in [0, 0.1) is 23.2 Å². The first-order valence-corrected chi connectivity index (χ1v) is 8.10. The van der Waals surface area contributed by atoms with Crippen molar-refractivity contribution in [3.8, 4) is 5.75 Å². The number of methoxy groups -OCH3 is 1. The van der Waals surface area contributed by atoms with Crippen molar-refractivity contribution in [1.82, 2.24) is 5.43 Å². The highest BCUT2D eigenvalue weighted by molar-refractivity contribution is 5.95. The van der Waals surface area contributed by atoms with E-state index in [4.69, 9.17) is 4.74 Å². The molecule has 1 fully saturated rings. The second-order valence-electron chi connectivity index (χ2n) is 7.11. The number of rotatable bonds is 4. The van der Waals surface area contributed by atoms with Crippen molar-refractivity contribution < 1.29 is 9.53 Å². The minimum Gasteiger partial charge on any atom is -0.497 e. The molecule has 2 aliphatic carbocycles. The van der Waals surface area contributed by atoms with Gasteiger partial charge in [-0.15, -0.1) is 0 Å². The Morgan fingerprint density at radius 1 is 1.26 bits per heavy atom. The summed E-state index contributed by atoms with van der Waals surface area (Å²) in [6, 6.07) is 7.02. The van der Waals surface area contributed by atoms with Crippen molar-refractivity contribution in [3.63, 3.8) is 0 Å². The maximum atomic E-state index is 12.2. The van der Waals surface area contributed by atoms with Crippen LogP contribution in [0.3, 0.4) is 0 Å². The van der Waals surface area contributed by atoms with Gasteiger partial charge in [0.05, 0.1) is 7.11 Å². The van der Waals surface area contributed by atoms with E-state index in [-0.39, 0.29) is 11.3 Å². The van der Waals surface area contributed by atoms with E-state index in [1.807, 2.05) is 6.92 Å². The Morgan fingerprint density at radius 3 is 2.52 bits per heavy atom. The summed E-state index contributed by atoms with van der Waals surface area (Å²) in [5.41, 5.74) is 4.49. The zero-order chi connectivity index (χ0) is 16.6. The average Bonchev–Trinajstić information content (AvgIpc) is 3.11. The van der Waals surface area contributed by atoms with Crippen LogP contribution in [0.1, 0.15) is 37.6 Å². The molecule has 0 radical (unpaired) electrons. The molecule has 1 aromatic carbocycles. The molecule has 1 N–H and O–H groups in total. The van der Waals surface area contributed by atoms with Crippen LogP contribution in [-0.4, -0.2) is 18.7 Å². The molecule has 1 amide bonds. The van der Waals surface area contributed by atoms with Gasteiger partial charge in [-0.1, -0.05) is 26.0 Å². The Morgan fingerprint density at radius 2 is 1.96 bits per heavy atom. The number of ether oxygens (including phenoxy) is 1. The maximum Gasteiger partial charge on any atom is 0.271 e. The minimum absolute atomic E-state index is 0.191. The van der Waals surface area contributed by atoms with E-state index in [1.165, 1.54) is 6.42 Å². The number of carbonyl (C=O) groups excluding carboxylic acids is 1. The Bertz CT molecular complexity index is 658. The van der Waals surface area contributed by atoms with Gasteiger partial charge in [0.1, 0.15) is 5.75 Å². The Hall–Kier alpha value is -2.10. The monoisotopic (exact) mass is 312 g/mol. The summed E-state index contributed by atoms with van der Waals surface area (Å²) in [4.78, 5) is 12.2. The summed E-state index contributed by atoms with van der Waals surface area (Å²) in [6.07, 6.45) is 5.85. The van der Waals surface area contributed by atoms with Crippen LogP contribution >= 0.6 is 0 Å². The minimum atomic E-state index is -0.191. The topological polar surface area (TPSA) is 50.7 Å². The third kappa shape index (κ3) is 2.78. The predicted octanol–water partition coefficient (Wildman–Crippen LogP) is 3.65. The quantitative estimate of drug-likeness (QED) is 0.524. The average molecular weight is 312 g/mol. The molecule has 4 heteroatoms. The van der Waals surface area contributed by atoms with E-state index in [2.05, 4.69) is 36.5 Å². The van der Waals surface area contributed by atoms with Crippen LogP contribution in [0.15, 0.2) is 41.5 Å². The highest BCUT2D eigenvalue weighted by Crippen LogP contribution is 2.56. The van der Waals surface area contributed by atoms with Gasteiger partial charge in [0.2, 0.25) is 0 Å². The number of nitrogens with one attached hydrogen (secondary N) is 1. The van der Waals surface area contributed by atoms with Gasteiger partial charge in [0.15, 0.2) is 0 Å². The second-order valence-corrected chi connectivity index (χ2v) is 7.11. The van der Waals surface area contributed by atoms with Crippen molar-refractivity contribution in [3.05, 3.63) is 42.0 Å². The molecule has 0 aliphatic heterocycles. The molecule has 4 nitrogen and oxygen atoms in total. The maximum absolute atomic E-state index is 12.2. The fourth-order valence-corrected chi connectivity index (χ4v) is 4.17. The van der Waals surface area contributed by atoms with Crippen LogP contribution in [0.25, 0.3) is 0 Å². The van der Waals surface area contributed by atoms with Gasteiger partial charge in [-0.05, 0) is 54.9 Å². The number of hydrogen-bond acceptors (Lipinski definition) is 3. The molecule has 0 saturated heterocycles. The Labute approximate surface area is 137 Å². The first-order valence-electron chi connectivity index (χ1n) is 8.10. The number of benzene rings is 1. The van der Waals surface area contributed by atoms with Crippen molar-refractivity contribution in [2.75, 3.05) is 7.11 Å². The van der Waals surface area contributed by atoms with Crippen LogP contribution in [0.2, 0.25) is 0 Å². The lowest BCUT2D eigenvalue weighted by Gasteiger charge is -2.35. The smallest absolute Gasteiger partial charge is 0.271 e. The molecule has 3 atom stereocenters. The number of amides is 1. The van der Waals surface area contributed by atoms with Crippen LogP contribution in [-0.2, 0) is 0 Å². The zero-order valence-electron chi connectivity index (χ0n) is 14.2. The van der Waals surface area contributed by atoms with E-state index < -0.39 is 0 Å². The van der Waals surface area contributed by atoms with Crippen LogP contribution in [0.4, 0.5) is 0 Å². The van der Waals surface area contributed by atoms with E-state index in [0.29, 0.717) is 23.3 Å². The van der Waals surface area contributed by atoms with E-state index >= 15 is 0 Å². The molecule has 1 saturated carbocycles. The molecule has 0 aromatic heterocycles. The van der Waals surface area contributed by atoms with Gasteiger partial charge in [-0.3, -0.25) is 4.79 Å². The largest absolute Gasteiger partial charge is 0.497 e. The van der Waals surface area contributed by atoms with Gasteiger partial charge in [0, 0.05) is 17.2 Å². The van der Waals surface area contributed by atoms with Crippen LogP contribution in [0.5, 0.6) is 5.75 Å². The summed E-state index contributed by atoms with van der Waals surface area (Å²) in [7, 11) is 1.61. The number of carbonyl (C=O) groups is 1. The number of nitrogens with zero attached hydrogens (tertiary/aromatic N) is 1. The SMILES string of the molecule is COc1ccc(C(=O)NN=C(C)[C@H]2[C@H]3C=C[C@@H](C3)C2(C)C)cc1. The molecular formula is C19H24N2O2. The molecule has 2 aliphatic rings. The molecule has 122 valence electrons. The van der Waals surface area contributed by atoms with Gasteiger partial charge in [-0.2, -0.15) is 5.10 Å². The number of hydrazone groups is 1. The molecule has 1 aromatic rings. The van der Waals surface area contributed by atoms with E-state index in [1.54, 1.807) is 31.4 Å². The summed E-state index contributed by atoms with van der Waals surface area (Å²) >= 11 is 0. The lowest BCUT2D eigenvalue weighted by Crippen LogP contribution is -2.34. The van der Waals surface area contributed by atoms with Crippen molar-refractivity contribution in [2.45, 2.75) is 27.2 Å². The fraction of sp³-hybridized carbons (Fsp3) is 0.474.